The van der Waals surface area contributed by atoms with Crippen LogP contribution in [0.2, 0.25) is 0 Å². The fourth-order valence-corrected chi connectivity index (χ4v) is 2.27. The van der Waals surface area contributed by atoms with E-state index in [1.807, 2.05) is 26.8 Å². The van der Waals surface area contributed by atoms with Crippen LogP contribution in [0.5, 0.6) is 0 Å². The topological polar surface area (TPSA) is 63.7 Å². The van der Waals surface area contributed by atoms with Crippen molar-refractivity contribution in [2.24, 2.45) is 5.92 Å². The van der Waals surface area contributed by atoms with Crippen molar-refractivity contribution in [3.63, 3.8) is 0 Å². The number of carbonyl (C=O) groups excluding carboxylic acids is 3. The quantitative estimate of drug-likeness (QED) is 0.615. The smallest absolute Gasteiger partial charge is 0.326 e. The SMILES string of the molecule is Cc1cccc2c1N(CC(=O)OCCC(C)C)C(=O)C2=O. The summed E-state index contributed by atoms with van der Waals surface area (Å²) in [6, 6.07) is 5.14. The van der Waals surface area contributed by atoms with E-state index in [1.165, 1.54) is 4.90 Å². The molecule has 1 aliphatic heterocycles. The number of benzene rings is 1. The van der Waals surface area contributed by atoms with Crippen molar-refractivity contribution in [2.45, 2.75) is 27.2 Å². The van der Waals surface area contributed by atoms with E-state index in [0.29, 0.717) is 23.8 Å². The molecule has 2 rings (SSSR count). The molecule has 0 bridgehead atoms. The van der Waals surface area contributed by atoms with Crippen molar-refractivity contribution in [3.8, 4) is 0 Å². The van der Waals surface area contributed by atoms with Crippen molar-refractivity contribution in [1.82, 2.24) is 0 Å². The number of rotatable bonds is 5. The lowest BCUT2D eigenvalue weighted by atomic mass is 10.1. The molecule has 0 saturated carbocycles. The third-order valence-corrected chi connectivity index (χ3v) is 3.44. The number of hydrogen-bond acceptors (Lipinski definition) is 4. The van der Waals surface area contributed by atoms with Gasteiger partial charge in [-0.1, -0.05) is 26.0 Å². The molecule has 0 unspecified atom stereocenters. The molecule has 5 heteroatoms. The number of fused-ring (bicyclic) bond motifs is 1. The van der Waals surface area contributed by atoms with Gasteiger partial charge in [-0.15, -0.1) is 0 Å². The number of anilines is 1. The maximum absolute atomic E-state index is 12.0. The van der Waals surface area contributed by atoms with Crippen molar-refractivity contribution in [1.29, 1.82) is 0 Å². The summed E-state index contributed by atoms with van der Waals surface area (Å²) >= 11 is 0. The molecule has 0 radical (unpaired) electrons. The van der Waals surface area contributed by atoms with Gasteiger partial charge in [-0.2, -0.15) is 0 Å². The number of ketones is 1. The third-order valence-electron chi connectivity index (χ3n) is 3.44. The minimum Gasteiger partial charge on any atom is -0.464 e. The summed E-state index contributed by atoms with van der Waals surface area (Å²) in [7, 11) is 0. The monoisotopic (exact) mass is 289 g/mol. The molecule has 1 heterocycles. The Balaban J connectivity index is 2.09. The van der Waals surface area contributed by atoms with E-state index in [1.54, 1.807) is 12.1 Å². The fraction of sp³-hybridized carbons (Fsp3) is 0.438. The van der Waals surface area contributed by atoms with Gasteiger partial charge in [0.05, 0.1) is 17.9 Å². The first-order chi connectivity index (χ1) is 9.91. The number of ether oxygens (including phenoxy) is 1. The predicted molar refractivity (Wildman–Crippen MR) is 78.3 cm³/mol. The third kappa shape index (κ3) is 3.12. The molecule has 112 valence electrons. The van der Waals surface area contributed by atoms with Crippen molar-refractivity contribution in [3.05, 3.63) is 29.3 Å². The highest BCUT2D eigenvalue weighted by molar-refractivity contribution is 6.52. The van der Waals surface area contributed by atoms with Crippen LogP contribution < -0.4 is 4.90 Å². The summed E-state index contributed by atoms with van der Waals surface area (Å²) in [5.74, 6) is -1.28. The van der Waals surface area contributed by atoms with Gasteiger partial charge in [-0.3, -0.25) is 19.3 Å². The Labute approximate surface area is 123 Å². The van der Waals surface area contributed by atoms with Crippen LogP contribution in [0.3, 0.4) is 0 Å². The lowest BCUT2D eigenvalue weighted by molar-refractivity contribution is -0.142. The first kappa shape index (κ1) is 15.2. The van der Waals surface area contributed by atoms with Crippen LogP contribution in [0.25, 0.3) is 0 Å². The summed E-state index contributed by atoms with van der Waals surface area (Å²) in [5, 5.41) is 0. The average Bonchev–Trinajstić information content (AvgIpc) is 2.65. The number of carbonyl (C=O) groups is 3. The minimum atomic E-state index is -0.667. The van der Waals surface area contributed by atoms with E-state index in [0.717, 1.165) is 12.0 Å². The molecule has 1 aromatic rings. The van der Waals surface area contributed by atoms with E-state index in [2.05, 4.69) is 0 Å². The second-order valence-corrected chi connectivity index (χ2v) is 5.59. The maximum Gasteiger partial charge on any atom is 0.326 e. The number of aryl methyl sites for hydroxylation is 1. The summed E-state index contributed by atoms with van der Waals surface area (Å²) in [5.41, 5.74) is 1.67. The van der Waals surface area contributed by atoms with Gasteiger partial charge in [-0.05, 0) is 30.9 Å². The Morgan fingerprint density at radius 1 is 1.29 bits per heavy atom. The minimum absolute atomic E-state index is 0.222. The zero-order valence-electron chi connectivity index (χ0n) is 12.5. The molecule has 5 nitrogen and oxygen atoms in total. The van der Waals surface area contributed by atoms with Gasteiger partial charge in [0, 0.05) is 0 Å². The molecule has 0 aromatic heterocycles. The van der Waals surface area contributed by atoms with Crippen LogP contribution in [0, 0.1) is 12.8 Å². The summed E-state index contributed by atoms with van der Waals surface area (Å²) in [6.45, 7) is 5.99. The van der Waals surface area contributed by atoms with Crippen LogP contribution in [0.4, 0.5) is 5.69 Å². The lowest BCUT2D eigenvalue weighted by Crippen LogP contribution is -2.35. The van der Waals surface area contributed by atoms with Crippen LogP contribution >= 0.6 is 0 Å². The fourth-order valence-electron chi connectivity index (χ4n) is 2.27. The van der Waals surface area contributed by atoms with Crippen molar-refractivity contribution >= 4 is 23.3 Å². The summed E-state index contributed by atoms with van der Waals surface area (Å²) in [6.07, 6.45) is 0.772. The van der Waals surface area contributed by atoms with E-state index < -0.39 is 17.7 Å². The molecule has 0 aliphatic carbocycles. The molecular formula is C16H19NO4. The Kier molecular flexibility index (Phi) is 4.40. The average molecular weight is 289 g/mol. The Morgan fingerprint density at radius 2 is 2.00 bits per heavy atom. The predicted octanol–water partition coefficient (Wildman–Crippen LogP) is 2.11. The first-order valence-corrected chi connectivity index (χ1v) is 7.03. The van der Waals surface area contributed by atoms with Gasteiger partial charge in [0.15, 0.2) is 0 Å². The highest BCUT2D eigenvalue weighted by atomic mass is 16.5. The molecule has 0 saturated heterocycles. The molecule has 0 spiro atoms. The van der Waals surface area contributed by atoms with Gasteiger partial charge in [-0.25, -0.2) is 0 Å². The zero-order valence-corrected chi connectivity index (χ0v) is 12.5. The van der Waals surface area contributed by atoms with Gasteiger partial charge in [0.25, 0.3) is 11.7 Å². The summed E-state index contributed by atoms with van der Waals surface area (Å²) in [4.78, 5) is 36.9. The van der Waals surface area contributed by atoms with E-state index in [-0.39, 0.29) is 6.54 Å². The largest absolute Gasteiger partial charge is 0.464 e. The van der Waals surface area contributed by atoms with Crippen molar-refractivity contribution < 1.29 is 19.1 Å². The molecule has 0 atom stereocenters. The Hall–Kier alpha value is -2.17. The maximum atomic E-state index is 12.0. The van der Waals surface area contributed by atoms with Crippen LogP contribution in [-0.2, 0) is 14.3 Å². The van der Waals surface area contributed by atoms with E-state index >= 15 is 0 Å². The number of para-hydroxylation sites is 1. The lowest BCUT2D eigenvalue weighted by Gasteiger charge is -2.17. The number of nitrogens with zero attached hydrogens (tertiary/aromatic N) is 1. The number of amides is 1. The van der Waals surface area contributed by atoms with Gasteiger partial charge < -0.3 is 4.74 Å². The number of hydrogen-bond donors (Lipinski definition) is 0. The van der Waals surface area contributed by atoms with Crippen LogP contribution in [0.15, 0.2) is 18.2 Å². The highest BCUT2D eigenvalue weighted by Gasteiger charge is 2.37. The molecule has 1 amide bonds. The van der Waals surface area contributed by atoms with E-state index in [4.69, 9.17) is 4.74 Å². The van der Waals surface area contributed by atoms with Crippen molar-refractivity contribution in [2.75, 3.05) is 18.1 Å². The Morgan fingerprint density at radius 3 is 2.67 bits per heavy atom. The molecular weight excluding hydrogens is 270 g/mol. The van der Waals surface area contributed by atoms with Crippen LogP contribution in [-0.4, -0.2) is 30.8 Å². The normalized spacial score (nSPS) is 13.8. The molecule has 1 aliphatic rings. The summed E-state index contributed by atoms with van der Waals surface area (Å²) < 4.78 is 5.11. The second-order valence-electron chi connectivity index (χ2n) is 5.59. The Bertz CT molecular complexity index is 592. The molecule has 1 aromatic carbocycles. The molecule has 0 fully saturated rings. The second kappa shape index (κ2) is 6.08. The van der Waals surface area contributed by atoms with Crippen LogP contribution in [0.1, 0.15) is 36.2 Å². The molecule has 21 heavy (non-hydrogen) atoms. The number of Topliss-reactive ketones (excluding diaryl/α,β-unsaturated/α-hetero) is 1. The number of esters is 1. The van der Waals surface area contributed by atoms with E-state index in [9.17, 15) is 14.4 Å². The first-order valence-electron chi connectivity index (χ1n) is 7.03. The van der Waals surface area contributed by atoms with Gasteiger partial charge in [0.2, 0.25) is 0 Å². The standard InChI is InChI=1S/C16H19NO4/c1-10(2)7-8-21-13(18)9-17-14-11(3)5-4-6-12(14)15(19)16(17)20/h4-6,10H,7-9H2,1-3H3. The molecule has 0 N–H and O–H groups in total. The van der Waals surface area contributed by atoms with Gasteiger partial charge in [0.1, 0.15) is 6.54 Å². The van der Waals surface area contributed by atoms with Gasteiger partial charge >= 0.3 is 5.97 Å². The zero-order chi connectivity index (χ0) is 15.6. The highest BCUT2D eigenvalue weighted by Crippen LogP contribution is 2.31.